The molecule has 0 spiro atoms. The van der Waals surface area contributed by atoms with E-state index in [9.17, 15) is 14.9 Å². The number of anilines is 2. The zero-order valence-electron chi connectivity index (χ0n) is 10.7. The highest BCUT2D eigenvalue weighted by Crippen LogP contribution is 2.36. The molecule has 19 heavy (non-hydrogen) atoms. The number of nitrogens with one attached hydrogen (secondary N) is 2. The van der Waals surface area contributed by atoms with Crippen LogP contribution in [0.3, 0.4) is 0 Å². The number of carbonyl (C=O) groups is 1. The molecule has 1 aromatic rings. The van der Waals surface area contributed by atoms with Gasteiger partial charge >= 0.3 is 0 Å². The van der Waals surface area contributed by atoms with Crippen molar-refractivity contribution >= 4 is 23.0 Å². The number of hydrogen-bond donors (Lipinski definition) is 2. The van der Waals surface area contributed by atoms with Gasteiger partial charge < -0.3 is 15.4 Å². The lowest BCUT2D eigenvalue weighted by Gasteiger charge is -2.39. The summed E-state index contributed by atoms with van der Waals surface area (Å²) >= 11 is 0. The average Bonchev–Trinajstić information content (AvgIpc) is 2.28. The maximum atomic E-state index is 11.2. The van der Waals surface area contributed by atoms with E-state index in [1.807, 2.05) is 6.92 Å². The van der Waals surface area contributed by atoms with E-state index >= 15 is 0 Å². The van der Waals surface area contributed by atoms with Crippen LogP contribution in [0.4, 0.5) is 17.1 Å². The Morgan fingerprint density at radius 2 is 2.16 bits per heavy atom. The van der Waals surface area contributed by atoms with Crippen molar-refractivity contribution in [2.45, 2.75) is 19.4 Å². The number of hydrogen-bond acceptors (Lipinski definition) is 5. The molecule has 1 amide bonds. The van der Waals surface area contributed by atoms with Gasteiger partial charge in [-0.15, -0.1) is 0 Å². The number of ether oxygens (including phenoxy) is 1. The highest BCUT2D eigenvalue weighted by Gasteiger charge is 2.35. The number of carbonyl (C=O) groups excluding carboxylic acids is 1. The van der Waals surface area contributed by atoms with Crippen LogP contribution in [0, 0.1) is 10.1 Å². The second-order valence-electron chi connectivity index (χ2n) is 4.82. The Hall–Kier alpha value is -2.15. The lowest BCUT2D eigenvalue weighted by atomic mass is 9.99. The molecule has 7 nitrogen and oxygen atoms in total. The van der Waals surface area contributed by atoms with E-state index in [0.29, 0.717) is 24.6 Å². The minimum Gasteiger partial charge on any atom is -0.376 e. The number of benzene rings is 1. The molecule has 2 N–H and O–H groups in total. The molecule has 7 heteroatoms. The molecule has 1 aromatic carbocycles. The standard InChI is InChI=1S/C12H15N3O4/c1-8(16)13-9-4-3-5-10(15(17)18)11(9)14-12(2)6-19-7-12/h3-5,14H,6-7H2,1-2H3,(H,13,16). The summed E-state index contributed by atoms with van der Waals surface area (Å²) in [4.78, 5) is 21.8. The predicted molar refractivity (Wildman–Crippen MR) is 70.2 cm³/mol. The quantitative estimate of drug-likeness (QED) is 0.639. The molecule has 1 fully saturated rings. The molecule has 0 radical (unpaired) electrons. The first-order valence-corrected chi connectivity index (χ1v) is 5.82. The Morgan fingerprint density at radius 3 is 2.63 bits per heavy atom. The van der Waals surface area contributed by atoms with Crippen LogP contribution < -0.4 is 10.6 Å². The first-order valence-electron chi connectivity index (χ1n) is 5.82. The molecule has 0 saturated carbocycles. The molecule has 102 valence electrons. The molecule has 1 heterocycles. The van der Waals surface area contributed by atoms with Crippen molar-refractivity contribution in [3.8, 4) is 0 Å². The van der Waals surface area contributed by atoms with Crippen LogP contribution in [0.2, 0.25) is 0 Å². The van der Waals surface area contributed by atoms with Gasteiger partial charge in [0.2, 0.25) is 5.91 Å². The van der Waals surface area contributed by atoms with Gasteiger partial charge in [-0.1, -0.05) is 6.07 Å². The monoisotopic (exact) mass is 265 g/mol. The molecule has 0 bridgehead atoms. The Balaban J connectivity index is 2.39. The number of nitro benzene ring substituents is 1. The van der Waals surface area contributed by atoms with Crippen molar-refractivity contribution in [3.05, 3.63) is 28.3 Å². The normalized spacial score (nSPS) is 16.3. The third kappa shape index (κ3) is 2.82. The minimum absolute atomic E-state index is 0.0700. The van der Waals surface area contributed by atoms with Crippen molar-refractivity contribution in [1.82, 2.24) is 0 Å². The van der Waals surface area contributed by atoms with Gasteiger partial charge in [0.1, 0.15) is 5.69 Å². The highest BCUT2D eigenvalue weighted by atomic mass is 16.6. The molecule has 1 aliphatic rings. The molecular formula is C12H15N3O4. The van der Waals surface area contributed by atoms with Gasteiger partial charge in [0.25, 0.3) is 5.69 Å². The number of para-hydroxylation sites is 1. The summed E-state index contributed by atoms with van der Waals surface area (Å²) < 4.78 is 5.11. The fourth-order valence-electron chi connectivity index (χ4n) is 1.90. The summed E-state index contributed by atoms with van der Waals surface area (Å²) in [5.74, 6) is -0.279. The first-order chi connectivity index (χ1) is 8.91. The molecule has 0 aromatic heterocycles. The second kappa shape index (κ2) is 4.85. The summed E-state index contributed by atoms with van der Waals surface area (Å²) in [5, 5.41) is 16.8. The van der Waals surface area contributed by atoms with Gasteiger partial charge in [-0.05, 0) is 13.0 Å². The second-order valence-corrected chi connectivity index (χ2v) is 4.82. The summed E-state index contributed by atoms with van der Waals surface area (Å²) in [6.45, 7) is 4.21. The lowest BCUT2D eigenvalue weighted by molar-refractivity contribution is -0.384. The molecule has 0 atom stereocenters. The molecule has 1 aliphatic heterocycles. The van der Waals surface area contributed by atoms with Gasteiger partial charge in [0.15, 0.2) is 0 Å². The summed E-state index contributed by atoms with van der Waals surface area (Å²) in [5.41, 5.74) is 0.294. The van der Waals surface area contributed by atoms with Gasteiger partial charge in [0.05, 0.1) is 29.4 Å². The van der Waals surface area contributed by atoms with E-state index in [1.54, 1.807) is 6.07 Å². The van der Waals surface area contributed by atoms with Gasteiger partial charge in [0, 0.05) is 13.0 Å². The number of nitro groups is 1. The van der Waals surface area contributed by atoms with Crippen LogP contribution in [0.25, 0.3) is 0 Å². The zero-order valence-corrected chi connectivity index (χ0v) is 10.7. The highest BCUT2D eigenvalue weighted by molar-refractivity contribution is 5.94. The minimum atomic E-state index is -0.476. The Labute approximate surface area is 110 Å². The van der Waals surface area contributed by atoms with Crippen LogP contribution in [-0.2, 0) is 9.53 Å². The molecule has 0 unspecified atom stereocenters. The third-order valence-electron chi connectivity index (χ3n) is 2.82. The van der Waals surface area contributed by atoms with Crippen molar-refractivity contribution in [1.29, 1.82) is 0 Å². The van der Waals surface area contributed by atoms with E-state index in [1.165, 1.54) is 19.1 Å². The Bertz CT molecular complexity index is 526. The Morgan fingerprint density at radius 1 is 1.47 bits per heavy atom. The van der Waals surface area contributed by atoms with Crippen LogP contribution in [0.1, 0.15) is 13.8 Å². The lowest BCUT2D eigenvalue weighted by Crippen LogP contribution is -2.53. The summed E-state index contributed by atoms with van der Waals surface area (Å²) in [6.07, 6.45) is 0. The van der Waals surface area contributed by atoms with Crippen molar-refractivity contribution in [2.75, 3.05) is 23.8 Å². The van der Waals surface area contributed by atoms with E-state index < -0.39 is 4.92 Å². The molecule has 2 rings (SSSR count). The van der Waals surface area contributed by atoms with Crippen molar-refractivity contribution < 1.29 is 14.5 Å². The fraction of sp³-hybridized carbons (Fsp3) is 0.417. The smallest absolute Gasteiger partial charge is 0.294 e. The number of nitrogens with zero attached hydrogens (tertiary/aromatic N) is 1. The molecular weight excluding hydrogens is 250 g/mol. The number of amides is 1. The molecule has 1 saturated heterocycles. The fourth-order valence-corrected chi connectivity index (χ4v) is 1.90. The van der Waals surface area contributed by atoms with Crippen LogP contribution in [0.15, 0.2) is 18.2 Å². The summed E-state index contributed by atoms with van der Waals surface area (Å²) in [7, 11) is 0. The van der Waals surface area contributed by atoms with E-state index in [2.05, 4.69) is 10.6 Å². The average molecular weight is 265 g/mol. The molecule has 0 aliphatic carbocycles. The maximum Gasteiger partial charge on any atom is 0.294 e. The van der Waals surface area contributed by atoms with Crippen LogP contribution in [0.5, 0.6) is 0 Å². The van der Waals surface area contributed by atoms with Gasteiger partial charge in [-0.3, -0.25) is 14.9 Å². The van der Waals surface area contributed by atoms with E-state index in [-0.39, 0.29) is 17.1 Å². The predicted octanol–water partition coefficient (Wildman–Crippen LogP) is 1.75. The van der Waals surface area contributed by atoms with Crippen LogP contribution in [-0.4, -0.2) is 29.6 Å². The van der Waals surface area contributed by atoms with Crippen LogP contribution >= 0.6 is 0 Å². The maximum absolute atomic E-state index is 11.2. The zero-order chi connectivity index (χ0) is 14.0. The Kier molecular flexibility index (Phi) is 3.39. The topological polar surface area (TPSA) is 93.5 Å². The van der Waals surface area contributed by atoms with Crippen molar-refractivity contribution in [2.24, 2.45) is 0 Å². The van der Waals surface area contributed by atoms with Gasteiger partial charge in [-0.2, -0.15) is 0 Å². The largest absolute Gasteiger partial charge is 0.376 e. The van der Waals surface area contributed by atoms with Gasteiger partial charge in [-0.25, -0.2) is 0 Å². The third-order valence-corrected chi connectivity index (χ3v) is 2.82. The van der Waals surface area contributed by atoms with Crippen molar-refractivity contribution in [3.63, 3.8) is 0 Å². The van der Waals surface area contributed by atoms with E-state index in [0.717, 1.165) is 0 Å². The van der Waals surface area contributed by atoms with E-state index in [4.69, 9.17) is 4.74 Å². The first kappa shape index (κ1) is 13.3. The number of rotatable bonds is 4. The SMILES string of the molecule is CC(=O)Nc1cccc([N+](=O)[O-])c1NC1(C)COC1. The summed E-state index contributed by atoms with van der Waals surface area (Å²) in [6, 6.07) is 4.56.